The highest BCUT2D eigenvalue weighted by Crippen LogP contribution is 2.31. The van der Waals surface area contributed by atoms with Gasteiger partial charge in [-0.15, -0.1) is 0 Å². The number of benzene rings is 2. The van der Waals surface area contributed by atoms with E-state index < -0.39 is 0 Å². The molecule has 2 aromatic carbocycles. The summed E-state index contributed by atoms with van der Waals surface area (Å²) in [6, 6.07) is 8.78. The zero-order valence-electron chi connectivity index (χ0n) is 12.3. The molecule has 0 aliphatic rings. The third-order valence-corrected chi connectivity index (χ3v) is 4.68. The van der Waals surface area contributed by atoms with E-state index in [4.69, 9.17) is 34.8 Å². The van der Waals surface area contributed by atoms with Crippen LogP contribution in [0.3, 0.4) is 0 Å². The van der Waals surface area contributed by atoms with E-state index in [0.717, 1.165) is 29.7 Å². The Morgan fingerprint density at radius 3 is 2.36 bits per heavy atom. The highest BCUT2D eigenvalue weighted by atomic mass is 35.5. The Hall–Kier alpha value is -1.22. The smallest absolute Gasteiger partial charge is 0.257 e. The van der Waals surface area contributed by atoms with Crippen LogP contribution >= 0.6 is 34.8 Å². The van der Waals surface area contributed by atoms with Crippen molar-refractivity contribution in [3.63, 3.8) is 0 Å². The molecule has 22 heavy (non-hydrogen) atoms. The molecule has 0 aliphatic carbocycles. The monoisotopic (exact) mass is 355 g/mol. The Morgan fingerprint density at radius 2 is 1.73 bits per heavy atom. The van der Waals surface area contributed by atoms with Gasteiger partial charge in [-0.25, -0.2) is 0 Å². The van der Waals surface area contributed by atoms with Gasteiger partial charge in [-0.1, -0.05) is 60.8 Å². The van der Waals surface area contributed by atoms with Gasteiger partial charge in [-0.3, -0.25) is 4.79 Å². The van der Waals surface area contributed by atoms with Crippen molar-refractivity contribution < 1.29 is 4.79 Å². The van der Waals surface area contributed by atoms with E-state index in [0.29, 0.717) is 15.6 Å². The number of carbonyl (C=O) groups is 1. The molecule has 0 unspecified atom stereocenters. The summed E-state index contributed by atoms with van der Waals surface area (Å²) in [6.07, 6.45) is 1.52. The van der Waals surface area contributed by atoms with Crippen LogP contribution in [0.2, 0.25) is 15.1 Å². The van der Waals surface area contributed by atoms with Gasteiger partial charge in [-0.2, -0.15) is 0 Å². The molecule has 0 radical (unpaired) electrons. The fourth-order valence-corrected chi connectivity index (χ4v) is 3.00. The molecule has 1 N–H and O–H groups in total. The molecule has 0 bridgehead atoms. The van der Waals surface area contributed by atoms with Crippen LogP contribution < -0.4 is 5.32 Å². The first-order valence-corrected chi connectivity index (χ1v) is 8.18. The Bertz CT molecular complexity index is 713. The predicted molar refractivity (Wildman–Crippen MR) is 94.6 cm³/mol. The van der Waals surface area contributed by atoms with Crippen molar-refractivity contribution in [1.82, 2.24) is 0 Å². The first-order chi connectivity index (χ1) is 10.5. The Morgan fingerprint density at radius 1 is 1.00 bits per heavy atom. The van der Waals surface area contributed by atoms with Gasteiger partial charge in [0.2, 0.25) is 0 Å². The fraction of sp³-hybridized carbons (Fsp3) is 0.235. The minimum atomic E-state index is -0.292. The first kappa shape index (κ1) is 17.1. The molecule has 0 saturated carbocycles. The second-order valence-electron chi connectivity index (χ2n) is 4.82. The molecular weight excluding hydrogens is 341 g/mol. The number of hydrogen-bond acceptors (Lipinski definition) is 1. The molecule has 0 saturated heterocycles. The van der Waals surface area contributed by atoms with Crippen LogP contribution in [0.1, 0.15) is 35.3 Å². The summed E-state index contributed by atoms with van der Waals surface area (Å²) in [5.74, 6) is -0.292. The summed E-state index contributed by atoms with van der Waals surface area (Å²) in [6.45, 7) is 4.04. The van der Waals surface area contributed by atoms with E-state index in [1.165, 1.54) is 0 Å². The van der Waals surface area contributed by atoms with Gasteiger partial charge in [-0.05, 0) is 42.2 Å². The summed E-state index contributed by atoms with van der Waals surface area (Å²) < 4.78 is 0. The molecule has 0 aliphatic heterocycles. The van der Waals surface area contributed by atoms with Crippen molar-refractivity contribution in [3.05, 3.63) is 62.1 Å². The number of hydrogen-bond donors (Lipinski definition) is 1. The van der Waals surface area contributed by atoms with E-state index in [2.05, 4.69) is 5.32 Å². The maximum absolute atomic E-state index is 12.5. The molecule has 0 atom stereocenters. The van der Waals surface area contributed by atoms with E-state index in [1.54, 1.807) is 18.2 Å². The van der Waals surface area contributed by atoms with Gasteiger partial charge < -0.3 is 5.32 Å². The average molecular weight is 357 g/mol. The molecule has 0 heterocycles. The number of rotatable bonds is 4. The lowest BCUT2D eigenvalue weighted by Gasteiger charge is -2.16. The number of nitrogens with one attached hydrogen (secondary N) is 1. The van der Waals surface area contributed by atoms with Gasteiger partial charge in [0, 0.05) is 10.7 Å². The SMILES string of the molecule is CCc1ccc(Cl)c(CC)c1NC(=O)c1cccc(Cl)c1Cl. The van der Waals surface area contributed by atoms with Crippen LogP contribution in [-0.2, 0) is 12.8 Å². The second kappa shape index (κ2) is 7.36. The minimum Gasteiger partial charge on any atom is -0.321 e. The van der Waals surface area contributed by atoms with Crippen molar-refractivity contribution in [2.75, 3.05) is 5.32 Å². The normalized spacial score (nSPS) is 10.6. The topological polar surface area (TPSA) is 29.1 Å². The lowest BCUT2D eigenvalue weighted by atomic mass is 10.0. The number of aryl methyl sites for hydroxylation is 1. The van der Waals surface area contributed by atoms with Crippen molar-refractivity contribution in [2.45, 2.75) is 26.7 Å². The molecule has 2 nitrogen and oxygen atoms in total. The lowest BCUT2D eigenvalue weighted by molar-refractivity contribution is 0.102. The van der Waals surface area contributed by atoms with Crippen molar-refractivity contribution >= 4 is 46.4 Å². The summed E-state index contributed by atoms with van der Waals surface area (Å²) in [5.41, 5.74) is 3.07. The Labute approximate surface area is 145 Å². The average Bonchev–Trinajstić information content (AvgIpc) is 2.50. The van der Waals surface area contributed by atoms with Crippen LogP contribution in [0.15, 0.2) is 30.3 Å². The van der Waals surface area contributed by atoms with Crippen LogP contribution in [-0.4, -0.2) is 5.91 Å². The molecular formula is C17H16Cl3NO. The zero-order chi connectivity index (χ0) is 16.3. The highest BCUT2D eigenvalue weighted by molar-refractivity contribution is 6.44. The summed E-state index contributed by atoms with van der Waals surface area (Å²) in [4.78, 5) is 12.5. The van der Waals surface area contributed by atoms with Crippen molar-refractivity contribution in [1.29, 1.82) is 0 Å². The van der Waals surface area contributed by atoms with Gasteiger partial charge in [0.05, 0.1) is 15.6 Å². The molecule has 5 heteroatoms. The second-order valence-corrected chi connectivity index (χ2v) is 6.02. The van der Waals surface area contributed by atoms with Crippen LogP contribution in [0.25, 0.3) is 0 Å². The maximum atomic E-state index is 12.5. The van der Waals surface area contributed by atoms with Gasteiger partial charge in [0.15, 0.2) is 0 Å². The molecule has 2 rings (SSSR count). The first-order valence-electron chi connectivity index (χ1n) is 7.05. The minimum absolute atomic E-state index is 0.250. The number of amides is 1. The number of halogens is 3. The number of anilines is 1. The van der Waals surface area contributed by atoms with Crippen LogP contribution in [0.4, 0.5) is 5.69 Å². The van der Waals surface area contributed by atoms with Crippen molar-refractivity contribution in [3.8, 4) is 0 Å². The van der Waals surface area contributed by atoms with Crippen molar-refractivity contribution in [2.24, 2.45) is 0 Å². The number of carbonyl (C=O) groups excluding carboxylic acids is 1. The molecule has 0 spiro atoms. The summed E-state index contributed by atoms with van der Waals surface area (Å²) in [7, 11) is 0. The third-order valence-electron chi connectivity index (χ3n) is 3.51. The zero-order valence-corrected chi connectivity index (χ0v) is 14.6. The van der Waals surface area contributed by atoms with Gasteiger partial charge >= 0.3 is 0 Å². The van der Waals surface area contributed by atoms with Crippen LogP contribution in [0, 0.1) is 0 Å². The quantitative estimate of drug-likeness (QED) is 0.712. The fourth-order valence-electron chi connectivity index (χ4n) is 2.33. The largest absolute Gasteiger partial charge is 0.321 e. The Kier molecular flexibility index (Phi) is 5.74. The van der Waals surface area contributed by atoms with E-state index in [1.807, 2.05) is 26.0 Å². The molecule has 116 valence electrons. The Balaban J connectivity index is 2.44. The third kappa shape index (κ3) is 3.40. The molecule has 1 amide bonds. The lowest BCUT2D eigenvalue weighted by Crippen LogP contribution is -2.15. The van der Waals surface area contributed by atoms with Gasteiger partial charge in [0.1, 0.15) is 0 Å². The van der Waals surface area contributed by atoms with Gasteiger partial charge in [0.25, 0.3) is 5.91 Å². The standard InChI is InChI=1S/C17H16Cl3NO/c1-3-10-8-9-13(18)11(4-2)16(10)21-17(22)12-6-5-7-14(19)15(12)20/h5-9H,3-4H2,1-2H3,(H,21,22). The summed E-state index contributed by atoms with van der Waals surface area (Å²) in [5, 5.41) is 4.19. The molecule has 0 fully saturated rings. The van der Waals surface area contributed by atoms with Crippen LogP contribution in [0.5, 0.6) is 0 Å². The van der Waals surface area contributed by atoms with E-state index in [-0.39, 0.29) is 10.9 Å². The molecule has 0 aromatic heterocycles. The summed E-state index contributed by atoms with van der Waals surface area (Å²) >= 11 is 18.3. The highest BCUT2D eigenvalue weighted by Gasteiger charge is 2.17. The maximum Gasteiger partial charge on any atom is 0.257 e. The molecule has 2 aromatic rings. The van der Waals surface area contributed by atoms with E-state index >= 15 is 0 Å². The van der Waals surface area contributed by atoms with E-state index in [9.17, 15) is 4.79 Å². The predicted octanol–water partition coefficient (Wildman–Crippen LogP) is 6.02.